The second-order valence-electron chi connectivity index (χ2n) is 6.95. The Balaban J connectivity index is 2.07. The van der Waals surface area contributed by atoms with Crippen LogP contribution >= 0.6 is 115 Å². The van der Waals surface area contributed by atoms with Crippen molar-refractivity contribution in [1.82, 2.24) is 0 Å². The normalized spacial score (nSPS) is 18.0. The summed E-state index contributed by atoms with van der Waals surface area (Å²) in [4.78, 5) is 13.2. The van der Waals surface area contributed by atoms with E-state index in [0.717, 1.165) is 0 Å². The average Bonchev–Trinajstić information content (AvgIpc) is 3.08. The molecule has 1 atom stereocenters. The molecular weight excluding hydrogens is 787 g/mol. The molecule has 2 aliphatic heterocycles. The third-order valence-corrected chi connectivity index (χ3v) is 10.0. The zero-order valence-corrected chi connectivity index (χ0v) is 24.1. The van der Waals surface area contributed by atoms with E-state index in [1.807, 2.05) is 45.2 Å². The summed E-state index contributed by atoms with van der Waals surface area (Å²) in [5, 5.41) is 20.1. The molecule has 0 saturated carbocycles. The van der Waals surface area contributed by atoms with Gasteiger partial charge >= 0.3 is 5.97 Å². The van der Waals surface area contributed by atoms with Crippen molar-refractivity contribution in [2.45, 2.75) is 5.60 Å². The minimum absolute atomic E-state index is 0.0532. The van der Waals surface area contributed by atoms with Gasteiger partial charge < -0.3 is 19.7 Å². The Morgan fingerprint density at radius 3 is 2.03 bits per heavy atom. The number of phenols is 2. The van der Waals surface area contributed by atoms with Gasteiger partial charge in [0.05, 0.1) is 43.4 Å². The number of phenolic OH excluding ortho intramolecular Hbond substituents is 2. The Morgan fingerprint density at radius 1 is 0.758 bits per heavy atom. The summed E-state index contributed by atoms with van der Waals surface area (Å²) >= 11 is 42.3. The van der Waals surface area contributed by atoms with E-state index in [1.165, 1.54) is 12.1 Å². The van der Waals surface area contributed by atoms with E-state index in [9.17, 15) is 15.0 Å². The van der Waals surface area contributed by atoms with Crippen molar-refractivity contribution >= 4 is 121 Å². The van der Waals surface area contributed by atoms with Crippen molar-refractivity contribution < 1.29 is 24.5 Å². The van der Waals surface area contributed by atoms with Crippen LogP contribution in [0.2, 0.25) is 30.1 Å². The number of ether oxygens (including phenoxy) is 2. The zero-order chi connectivity index (χ0) is 24.1. The fraction of sp³-hybridized carbons (Fsp3) is 0.0500. The van der Waals surface area contributed by atoms with E-state index in [4.69, 9.17) is 79.1 Å². The number of benzene rings is 3. The Morgan fingerprint density at radius 2 is 1.36 bits per heavy atom. The molecule has 0 radical (unpaired) electrons. The van der Waals surface area contributed by atoms with Crippen LogP contribution in [0.5, 0.6) is 23.0 Å². The van der Waals surface area contributed by atoms with Gasteiger partial charge in [-0.25, -0.2) is 4.79 Å². The van der Waals surface area contributed by atoms with Crippen LogP contribution in [0.4, 0.5) is 0 Å². The van der Waals surface area contributed by atoms with E-state index >= 15 is 0 Å². The minimum Gasteiger partial charge on any atom is -0.507 e. The lowest BCUT2D eigenvalue weighted by atomic mass is 9.77. The molecule has 2 aliphatic rings. The van der Waals surface area contributed by atoms with Crippen molar-refractivity contribution in [3.63, 3.8) is 0 Å². The van der Waals surface area contributed by atoms with Gasteiger partial charge in [-0.3, -0.25) is 0 Å². The number of carbonyl (C=O) groups is 1. The highest BCUT2D eigenvalue weighted by Gasteiger charge is 2.58. The fourth-order valence-electron chi connectivity index (χ4n) is 3.96. The largest absolute Gasteiger partial charge is 0.507 e. The van der Waals surface area contributed by atoms with Gasteiger partial charge in [0.1, 0.15) is 10.8 Å². The van der Waals surface area contributed by atoms with E-state index in [0.29, 0.717) is 3.57 Å². The van der Waals surface area contributed by atoms with E-state index in [2.05, 4.69) is 0 Å². The maximum Gasteiger partial charge on any atom is 0.341 e. The van der Waals surface area contributed by atoms with Crippen LogP contribution in [0.1, 0.15) is 27.0 Å². The van der Waals surface area contributed by atoms with E-state index < -0.39 is 11.6 Å². The lowest BCUT2D eigenvalue weighted by molar-refractivity contribution is 0.0224. The first-order chi connectivity index (χ1) is 15.4. The van der Waals surface area contributed by atoms with E-state index in [-0.39, 0.29) is 79.0 Å². The molecule has 0 aromatic heterocycles. The molecule has 0 amide bonds. The van der Waals surface area contributed by atoms with Gasteiger partial charge in [0, 0.05) is 11.1 Å². The summed E-state index contributed by atoms with van der Waals surface area (Å²) in [5.74, 6) is -1.06. The molecule has 2 N–H and O–H groups in total. The molecular formula is C20H4Cl6I2O5. The third kappa shape index (κ3) is 3.06. The van der Waals surface area contributed by atoms with Crippen LogP contribution in [0.3, 0.4) is 0 Å². The van der Waals surface area contributed by atoms with Crippen LogP contribution in [-0.4, -0.2) is 16.2 Å². The molecule has 0 bridgehead atoms. The number of rotatable bonds is 0. The average molecular weight is 791 g/mol. The Bertz CT molecular complexity index is 1460. The van der Waals surface area contributed by atoms with Crippen LogP contribution in [-0.2, 0) is 10.3 Å². The van der Waals surface area contributed by atoms with Gasteiger partial charge in [-0.15, -0.1) is 0 Å². The van der Waals surface area contributed by atoms with Crippen molar-refractivity contribution in [2.75, 3.05) is 0 Å². The maximum absolute atomic E-state index is 13.2. The minimum atomic E-state index is -1.83. The Labute approximate surface area is 243 Å². The second kappa shape index (κ2) is 8.12. The highest BCUT2D eigenvalue weighted by atomic mass is 127. The van der Waals surface area contributed by atoms with Crippen LogP contribution in [0.15, 0.2) is 12.1 Å². The van der Waals surface area contributed by atoms with Crippen molar-refractivity contribution in [2.24, 2.45) is 0 Å². The number of esters is 1. The second-order valence-corrected chi connectivity index (χ2v) is 11.4. The molecule has 3 aromatic rings. The SMILES string of the molecule is O=C1OC2(c3ccc(O)c(I)c3Oc3c(I)c(O)c(Cl)c(Cl)c32)c2c(Cl)c(Cl)c(Cl)c(Cl)c21. The standard InChI is InChI=1S/C20H4Cl6I2O5/c21-8-5-6(9(22)12(25)11(8)24)20(33-19(5)31)3-1-2-4(29)14(27)17(3)32-18-7(20)10(23)13(26)16(30)15(18)28/h1-2,29-30H. The summed E-state index contributed by atoms with van der Waals surface area (Å²) in [6.45, 7) is 0. The topological polar surface area (TPSA) is 76.0 Å². The molecule has 3 aromatic carbocycles. The van der Waals surface area contributed by atoms with Gasteiger partial charge in [0.2, 0.25) is 0 Å². The van der Waals surface area contributed by atoms with Crippen molar-refractivity contribution in [3.8, 4) is 23.0 Å². The van der Waals surface area contributed by atoms with Gasteiger partial charge in [0.15, 0.2) is 22.8 Å². The molecule has 0 aliphatic carbocycles. The number of hydrogen-bond acceptors (Lipinski definition) is 5. The molecule has 1 spiro atoms. The molecule has 13 heteroatoms. The third-order valence-electron chi connectivity index (χ3n) is 5.34. The van der Waals surface area contributed by atoms with Crippen molar-refractivity contribution in [1.29, 1.82) is 0 Å². The van der Waals surface area contributed by atoms with Gasteiger partial charge in [-0.2, -0.15) is 0 Å². The molecule has 33 heavy (non-hydrogen) atoms. The molecule has 0 saturated heterocycles. The summed E-state index contributed by atoms with van der Waals surface area (Å²) in [6.07, 6.45) is 0. The number of aromatic hydroxyl groups is 2. The van der Waals surface area contributed by atoms with Crippen LogP contribution in [0, 0.1) is 7.14 Å². The lowest BCUT2D eigenvalue weighted by Crippen LogP contribution is -2.34. The first kappa shape index (κ1) is 24.4. The smallest absolute Gasteiger partial charge is 0.341 e. The molecule has 5 rings (SSSR count). The van der Waals surface area contributed by atoms with Gasteiger partial charge in [-0.1, -0.05) is 69.6 Å². The predicted octanol–water partition coefficient (Wildman–Crippen LogP) is 8.80. The maximum atomic E-state index is 13.2. The Kier molecular flexibility index (Phi) is 6.01. The van der Waals surface area contributed by atoms with Gasteiger partial charge in [-0.05, 0) is 57.3 Å². The number of hydrogen-bond donors (Lipinski definition) is 2. The zero-order valence-electron chi connectivity index (χ0n) is 15.3. The molecule has 5 nitrogen and oxygen atoms in total. The number of fused-ring (bicyclic) bond motifs is 6. The highest BCUT2D eigenvalue weighted by molar-refractivity contribution is 14.1. The highest BCUT2D eigenvalue weighted by Crippen LogP contribution is 2.65. The molecule has 0 fully saturated rings. The lowest BCUT2D eigenvalue weighted by Gasteiger charge is -2.38. The number of carbonyl (C=O) groups excluding carboxylic acids is 1. The monoisotopic (exact) mass is 788 g/mol. The van der Waals surface area contributed by atoms with Crippen LogP contribution in [0.25, 0.3) is 0 Å². The summed E-state index contributed by atoms with van der Waals surface area (Å²) in [5.41, 5.74) is -1.46. The first-order valence-electron chi connectivity index (χ1n) is 8.64. The van der Waals surface area contributed by atoms with E-state index in [1.54, 1.807) is 0 Å². The first-order valence-corrected chi connectivity index (χ1v) is 13.1. The number of halogens is 8. The molecule has 170 valence electrons. The summed E-state index contributed by atoms with van der Waals surface area (Å²) in [6, 6.07) is 2.89. The van der Waals surface area contributed by atoms with Gasteiger partial charge in [0.25, 0.3) is 0 Å². The predicted molar refractivity (Wildman–Crippen MR) is 144 cm³/mol. The van der Waals surface area contributed by atoms with Crippen molar-refractivity contribution in [3.05, 3.63) is 71.7 Å². The molecule has 1 unspecified atom stereocenters. The fourth-order valence-corrected chi connectivity index (χ4v) is 6.91. The quantitative estimate of drug-likeness (QED) is 0.103. The van der Waals surface area contributed by atoms with Crippen LogP contribution < -0.4 is 4.74 Å². The Hall–Kier alpha value is -0.270. The summed E-state index contributed by atoms with van der Waals surface area (Å²) in [7, 11) is 0. The summed E-state index contributed by atoms with van der Waals surface area (Å²) < 4.78 is 12.6. The molecule has 2 heterocycles.